The Kier molecular flexibility index (Phi) is 13.0. The molecule has 0 aliphatic carbocycles. The number of benzene rings is 4. The first-order chi connectivity index (χ1) is 24.4. The number of hydrogen-bond acceptors (Lipinski definition) is 5. The first-order valence-electron chi connectivity index (χ1n) is 17.8. The Morgan fingerprint density at radius 2 is 1.29 bits per heavy atom. The molecular formula is C42H49ClN4O4. The van der Waals surface area contributed by atoms with Crippen LogP contribution in [0.1, 0.15) is 60.9 Å². The number of nitrogens with one attached hydrogen (secondary N) is 3. The molecule has 8 nitrogen and oxygen atoms in total. The number of amides is 3. The molecule has 2 aliphatic heterocycles. The molecular weight excluding hydrogens is 660 g/mol. The van der Waals surface area contributed by atoms with Crippen molar-refractivity contribution in [1.82, 2.24) is 20.9 Å². The summed E-state index contributed by atoms with van der Waals surface area (Å²) in [5.41, 5.74) is 3.64. The fourth-order valence-corrected chi connectivity index (χ4v) is 7.57. The number of fused-ring (bicyclic) bond motifs is 1. The van der Waals surface area contributed by atoms with Crippen LogP contribution in [0.25, 0.3) is 0 Å². The van der Waals surface area contributed by atoms with Crippen molar-refractivity contribution in [3.63, 3.8) is 0 Å². The summed E-state index contributed by atoms with van der Waals surface area (Å²) in [6.07, 6.45) is 3.11. The maximum absolute atomic E-state index is 15.2. The van der Waals surface area contributed by atoms with E-state index < -0.39 is 35.8 Å². The van der Waals surface area contributed by atoms with Crippen LogP contribution in [-0.4, -0.2) is 60.6 Å². The Morgan fingerprint density at radius 3 is 1.78 bits per heavy atom. The molecule has 6 rings (SSSR count). The van der Waals surface area contributed by atoms with Gasteiger partial charge in [-0.25, -0.2) is 0 Å². The van der Waals surface area contributed by atoms with E-state index in [2.05, 4.69) is 40.2 Å². The average molecular weight is 709 g/mol. The van der Waals surface area contributed by atoms with E-state index in [4.69, 9.17) is 4.74 Å². The molecule has 0 bridgehead atoms. The van der Waals surface area contributed by atoms with Gasteiger partial charge in [0.05, 0.1) is 18.7 Å². The predicted molar refractivity (Wildman–Crippen MR) is 202 cm³/mol. The molecule has 2 heterocycles. The minimum Gasteiger partial charge on any atom is -0.358 e. The van der Waals surface area contributed by atoms with E-state index in [1.54, 1.807) is 18.9 Å². The molecule has 3 N–H and O–H groups in total. The van der Waals surface area contributed by atoms with Gasteiger partial charge >= 0.3 is 0 Å². The normalized spacial score (nSPS) is 20.1. The van der Waals surface area contributed by atoms with Crippen LogP contribution in [0, 0.1) is 5.41 Å². The summed E-state index contributed by atoms with van der Waals surface area (Å²) >= 11 is 0. The van der Waals surface area contributed by atoms with Crippen LogP contribution in [0.3, 0.4) is 0 Å². The lowest BCUT2D eigenvalue weighted by molar-refractivity contribution is -0.150. The molecule has 0 aromatic heterocycles. The molecule has 0 saturated carbocycles. The summed E-state index contributed by atoms with van der Waals surface area (Å²) in [7, 11) is 1.71. The highest BCUT2D eigenvalue weighted by atomic mass is 35.5. The van der Waals surface area contributed by atoms with Crippen molar-refractivity contribution < 1.29 is 19.1 Å². The van der Waals surface area contributed by atoms with E-state index in [1.165, 1.54) is 11.1 Å². The number of hydrogen-bond donors (Lipinski definition) is 3. The fraction of sp³-hybridized carbons (Fsp3) is 0.357. The van der Waals surface area contributed by atoms with E-state index >= 15 is 4.79 Å². The van der Waals surface area contributed by atoms with Gasteiger partial charge in [-0.15, -0.1) is 12.4 Å². The highest BCUT2D eigenvalue weighted by Gasteiger charge is 2.58. The number of aryl methyl sites for hydroxylation is 2. The smallest absolute Gasteiger partial charge is 0.247 e. The van der Waals surface area contributed by atoms with Gasteiger partial charge in [0.2, 0.25) is 17.7 Å². The Labute approximate surface area is 307 Å². The topological polar surface area (TPSA) is 99.8 Å². The predicted octanol–water partition coefficient (Wildman–Crippen LogP) is 6.01. The van der Waals surface area contributed by atoms with Gasteiger partial charge in [0.15, 0.2) is 0 Å². The van der Waals surface area contributed by atoms with Crippen molar-refractivity contribution in [3.05, 3.63) is 144 Å². The number of nitrogens with zero attached hydrogens (tertiary/aromatic N) is 1. The second-order valence-electron chi connectivity index (χ2n) is 13.6. The lowest BCUT2D eigenvalue weighted by Gasteiger charge is -2.39. The molecule has 51 heavy (non-hydrogen) atoms. The maximum Gasteiger partial charge on any atom is 0.247 e. The minimum absolute atomic E-state index is 0. The van der Waals surface area contributed by atoms with Crippen molar-refractivity contribution in [2.24, 2.45) is 5.41 Å². The zero-order chi connectivity index (χ0) is 34.9. The molecule has 0 radical (unpaired) electrons. The molecule has 2 fully saturated rings. The number of carbonyl (C=O) groups is 3. The van der Waals surface area contributed by atoms with E-state index in [-0.39, 0.29) is 30.1 Å². The minimum atomic E-state index is -0.832. The Bertz CT molecular complexity index is 1630. The second kappa shape index (κ2) is 17.6. The Hall–Kier alpha value is -4.50. The van der Waals surface area contributed by atoms with E-state index in [0.29, 0.717) is 32.3 Å². The van der Waals surface area contributed by atoms with Gasteiger partial charge in [0.25, 0.3) is 0 Å². The van der Waals surface area contributed by atoms with Crippen LogP contribution in [0.4, 0.5) is 0 Å². The monoisotopic (exact) mass is 708 g/mol. The lowest BCUT2D eigenvalue weighted by Crippen LogP contribution is -2.59. The van der Waals surface area contributed by atoms with Gasteiger partial charge in [0.1, 0.15) is 18.3 Å². The number of likely N-dealkylation sites (N-methyl/N-ethyl adjacent to an activating group) is 1. The molecule has 9 heteroatoms. The number of ether oxygens (including phenoxy) is 1. The third kappa shape index (κ3) is 8.87. The highest BCUT2D eigenvalue weighted by Crippen LogP contribution is 2.49. The van der Waals surface area contributed by atoms with Gasteiger partial charge in [0, 0.05) is 18.3 Å². The van der Waals surface area contributed by atoms with Gasteiger partial charge in [-0.2, -0.15) is 0 Å². The van der Waals surface area contributed by atoms with E-state index in [0.717, 1.165) is 24.0 Å². The van der Waals surface area contributed by atoms with Crippen LogP contribution in [0.5, 0.6) is 0 Å². The average Bonchev–Trinajstić information content (AvgIpc) is 3.42. The lowest BCUT2D eigenvalue weighted by atomic mass is 9.71. The van der Waals surface area contributed by atoms with Crippen LogP contribution in [0.15, 0.2) is 121 Å². The van der Waals surface area contributed by atoms with Crippen LogP contribution in [-0.2, 0) is 32.0 Å². The number of rotatable bonds is 13. The summed E-state index contributed by atoms with van der Waals surface area (Å²) in [5.74, 6) is -0.766. The molecule has 0 spiro atoms. The van der Waals surface area contributed by atoms with Crippen LogP contribution < -0.4 is 16.0 Å². The van der Waals surface area contributed by atoms with Crippen molar-refractivity contribution in [3.8, 4) is 0 Å². The third-order valence-corrected chi connectivity index (χ3v) is 10.5. The SMILES string of the molecule is CNC(C)C(=O)N[C@H]1CCOC2CC(CCc3ccccc3)(CCc3ccccc3)C(C(=O)NC(c3ccccc3)c3ccccc3)N2C1=O.Cl. The summed E-state index contributed by atoms with van der Waals surface area (Å²) in [6, 6.07) is 37.9. The van der Waals surface area contributed by atoms with Crippen LogP contribution >= 0.6 is 12.4 Å². The summed E-state index contributed by atoms with van der Waals surface area (Å²) in [5, 5.41) is 9.33. The van der Waals surface area contributed by atoms with Crippen molar-refractivity contribution in [1.29, 1.82) is 0 Å². The molecule has 4 atom stereocenters. The Morgan fingerprint density at radius 1 is 0.804 bits per heavy atom. The summed E-state index contributed by atoms with van der Waals surface area (Å²) < 4.78 is 6.47. The number of halogens is 1. The fourth-order valence-electron chi connectivity index (χ4n) is 7.57. The summed E-state index contributed by atoms with van der Waals surface area (Å²) in [4.78, 5) is 44.6. The zero-order valence-electron chi connectivity index (χ0n) is 29.4. The first kappa shape index (κ1) is 37.7. The molecule has 2 saturated heterocycles. The van der Waals surface area contributed by atoms with Gasteiger partial charge in [-0.05, 0) is 61.9 Å². The molecule has 3 amide bonds. The standard InChI is InChI=1S/C42H48N4O4.ClH/c1-30(43-2)39(47)44-35-25-28-50-36-29-42(26-23-31-15-7-3-8-16-31,27-24-32-17-9-4-10-18-32)38(46(36)41(35)49)40(48)45-37(33-19-11-5-12-20-33)34-21-13-6-14-22-34;/h3-22,30,35-38,43H,23-29H2,1-2H3,(H,44,47)(H,45,48);1H/t30?,35-,36?,38?;/m0./s1. The van der Waals surface area contributed by atoms with Crippen LogP contribution in [0.2, 0.25) is 0 Å². The molecule has 2 aliphatic rings. The second-order valence-corrected chi connectivity index (χ2v) is 13.6. The summed E-state index contributed by atoms with van der Waals surface area (Å²) in [6.45, 7) is 2.05. The quantitative estimate of drug-likeness (QED) is 0.158. The molecule has 268 valence electrons. The molecule has 4 aromatic carbocycles. The van der Waals surface area contributed by atoms with Gasteiger partial charge < -0.3 is 25.6 Å². The molecule has 4 aromatic rings. The van der Waals surface area contributed by atoms with Crippen molar-refractivity contribution in [2.45, 2.75) is 75.8 Å². The van der Waals surface area contributed by atoms with Gasteiger partial charge in [-0.3, -0.25) is 14.4 Å². The maximum atomic E-state index is 15.2. The zero-order valence-corrected chi connectivity index (χ0v) is 30.2. The van der Waals surface area contributed by atoms with Crippen molar-refractivity contribution >= 4 is 30.1 Å². The largest absolute Gasteiger partial charge is 0.358 e. The van der Waals surface area contributed by atoms with E-state index in [9.17, 15) is 9.59 Å². The first-order valence-corrected chi connectivity index (χ1v) is 17.8. The highest BCUT2D eigenvalue weighted by molar-refractivity contribution is 5.94. The number of carbonyl (C=O) groups excluding carboxylic acids is 3. The Balaban J connectivity index is 0.00000504. The molecule has 3 unspecified atom stereocenters. The van der Waals surface area contributed by atoms with Crippen molar-refractivity contribution in [2.75, 3.05) is 13.7 Å². The van der Waals surface area contributed by atoms with Gasteiger partial charge in [-0.1, -0.05) is 121 Å². The third-order valence-electron chi connectivity index (χ3n) is 10.5. The van der Waals surface area contributed by atoms with E-state index in [1.807, 2.05) is 97.1 Å².